The lowest BCUT2D eigenvalue weighted by Crippen LogP contribution is -2.26. The minimum atomic E-state index is 0.732. The number of benzene rings is 4. The van der Waals surface area contributed by atoms with Crippen LogP contribution >= 0.6 is 0 Å². The monoisotopic (exact) mass is 656 g/mol. The minimum absolute atomic E-state index is 0.732. The second kappa shape index (κ2) is 14.7. The Labute approximate surface area is 293 Å². The summed E-state index contributed by atoms with van der Waals surface area (Å²) in [7, 11) is 0. The van der Waals surface area contributed by atoms with Crippen LogP contribution in [0.3, 0.4) is 0 Å². The standard InChI is InChI=1S/C44H44N6/c45-25-13-1-2-14-28-48(31-39-43-37(23-26-46-39)35-19-9-11-21-41(35)49(43)29-33-15-5-3-6-16-33)32-40-44-38(24-27-47-40)36-20-10-12-22-42(36)50(44)30-34-17-7-4-8-18-34/h3-12,15-24,26-27H,1-2,13-14,25,28-32,45H2. The number of pyridine rings is 2. The van der Waals surface area contributed by atoms with Gasteiger partial charge in [0.15, 0.2) is 0 Å². The average molecular weight is 657 g/mol. The number of hydrogen-bond acceptors (Lipinski definition) is 4. The number of aromatic nitrogens is 4. The molecule has 0 aliphatic rings. The second-order valence-electron chi connectivity index (χ2n) is 13.4. The van der Waals surface area contributed by atoms with Crippen molar-refractivity contribution >= 4 is 43.6 Å². The van der Waals surface area contributed by atoms with Crippen LogP contribution in [0.5, 0.6) is 0 Å². The predicted octanol–water partition coefficient (Wildman–Crippen LogP) is 9.31. The van der Waals surface area contributed by atoms with E-state index in [0.717, 1.165) is 76.3 Å². The minimum Gasteiger partial charge on any atom is -0.334 e. The van der Waals surface area contributed by atoms with Crippen LogP contribution in [-0.4, -0.2) is 37.1 Å². The van der Waals surface area contributed by atoms with Crippen molar-refractivity contribution < 1.29 is 0 Å². The van der Waals surface area contributed by atoms with Gasteiger partial charge in [-0.05, 0) is 61.3 Å². The number of hydrogen-bond donors (Lipinski definition) is 1. The van der Waals surface area contributed by atoms with Crippen molar-refractivity contribution in [3.8, 4) is 0 Å². The summed E-state index contributed by atoms with van der Waals surface area (Å²) in [6, 6.07) is 43.4. The Kier molecular flexibility index (Phi) is 9.37. The zero-order chi connectivity index (χ0) is 33.7. The van der Waals surface area contributed by atoms with Gasteiger partial charge in [0.25, 0.3) is 0 Å². The van der Waals surface area contributed by atoms with E-state index in [4.69, 9.17) is 15.7 Å². The third-order valence-electron chi connectivity index (χ3n) is 10.1. The van der Waals surface area contributed by atoms with E-state index in [1.807, 2.05) is 12.4 Å². The molecule has 0 amide bonds. The molecule has 0 atom stereocenters. The number of fused-ring (bicyclic) bond motifs is 6. The highest BCUT2D eigenvalue weighted by Crippen LogP contribution is 2.34. The van der Waals surface area contributed by atoms with Gasteiger partial charge in [0, 0.05) is 71.2 Å². The lowest BCUT2D eigenvalue weighted by Gasteiger charge is -2.23. The molecule has 50 heavy (non-hydrogen) atoms. The van der Waals surface area contributed by atoms with Crippen molar-refractivity contribution in [2.75, 3.05) is 13.1 Å². The van der Waals surface area contributed by atoms with Crippen molar-refractivity contribution in [2.45, 2.75) is 51.9 Å². The Morgan fingerprint density at radius 3 is 1.44 bits per heavy atom. The Balaban J connectivity index is 1.22. The van der Waals surface area contributed by atoms with Crippen molar-refractivity contribution in [1.82, 2.24) is 24.0 Å². The van der Waals surface area contributed by atoms with E-state index < -0.39 is 0 Å². The first kappa shape index (κ1) is 31.9. The third kappa shape index (κ3) is 6.40. The molecule has 0 aliphatic carbocycles. The highest BCUT2D eigenvalue weighted by atomic mass is 15.1. The van der Waals surface area contributed by atoms with E-state index in [9.17, 15) is 0 Å². The summed E-state index contributed by atoms with van der Waals surface area (Å²) < 4.78 is 4.94. The Morgan fingerprint density at radius 2 is 0.940 bits per heavy atom. The highest BCUT2D eigenvalue weighted by molar-refractivity contribution is 6.09. The first-order chi connectivity index (χ1) is 24.8. The van der Waals surface area contributed by atoms with E-state index in [1.165, 1.54) is 54.7 Å². The summed E-state index contributed by atoms with van der Waals surface area (Å²) in [4.78, 5) is 12.8. The van der Waals surface area contributed by atoms with Crippen LogP contribution in [0.4, 0.5) is 0 Å². The molecule has 8 aromatic rings. The van der Waals surface area contributed by atoms with Gasteiger partial charge >= 0.3 is 0 Å². The summed E-state index contributed by atoms with van der Waals surface area (Å²) in [5.41, 5.74) is 15.5. The molecule has 0 saturated heterocycles. The van der Waals surface area contributed by atoms with Crippen molar-refractivity contribution in [1.29, 1.82) is 0 Å². The van der Waals surface area contributed by atoms with Gasteiger partial charge < -0.3 is 14.9 Å². The van der Waals surface area contributed by atoms with Crippen LogP contribution in [0.15, 0.2) is 134 Å². The normalized spacial score (nSPS) is 11.9. The van der Waals surface area contributed by atoms with Crippen LogP contribution in [-0.2, 0) is 26.2 Å². The number of nitrogens with zero attached hydrogens (tertiary/aromatic N) is 5. The van der Waals surface area contributed by atoms with Crippen molar-refractivity contribution in [2.24, 2.45) is 5.73 Å². The SMILES string of the molecule is NCCCCCCN(Cc1nccc2c3ccccc3n(Cc3ccccc3)c12)Cc1nccc2c3ccccc3n(Cc3ccccc3)c12. The molecule has 6 nitrogen and oxygen atoms in total. The van der Waals surface area contributed by atoms with Gasteiger partial charge in [-0.2, -0.15) is 0 Å². The van der Waals surface area contributed by atoms with Crippen LogP contribution in [0, 0.1) is 0 Å². The van der Waals surface area contributed by atoms with Crippen LogP contribution < -0.4 is 5.73 Å². The molecule has 0 bridgehead atoms. The van der Waals surface area contributed by atoms with E-state index in [-0.39, 0.29) is 0 Å². The summed E-state index contributed by atoms with van der Waals surface area (Å²) in [6.07, 6.45) is 8.47. The highest BCUT2D eigenvalue weighted by Gasteiger charge is 2.21. The molecule has 8 rings (SSSR count). The molecule has 0 aliphatic heterocycles. The fraction of sp³-hybridized carbons (Fsp3) is 0.227. The fourth-order valence-electron chi connectivity index (χ4n) is 7.71. The molecular weight excluding hydrogens is 613 g/mol. The predicted molar refractivity (Wildman–Crippen MR) is 207 cm³/mol. The lowest BCUT2D eigenvalue weighted by atomic mass is 10.1. The molecule has 0 saturated carbocycles. The summed E-state index contributed by atoms with van der Waals surface area (Å²) in [5.74, 6) is 0. The average Bonchev–Trinajstić information content (AvgIpc) is 3.66. The molecular formula is C44H44N6. The second-order valence-corrected chi connectivity index (χ2v) is 13.4. The molecule has 0 unspecified atom stereocenters. The molecule has 2 N–H and O–H groups in total. The molecule has 4 aromatic heterocycles. The van der Waals surface area contributed by atoms with E-state index >= 15 is 0 Å². The molecule has 0 fully saturated rings. The van der Waals surface area contributed by atoms with Crippen molar-refractivity contribution in [3.63, 3.8) is 0 Å². The first-order valence-corrected chi connectivity index (χ1v) is 18.0. The number of nitrogens with two attached hydrogens (primary N) is 1. The van der Waals surface area contributed by atoms with Gasteiger partial charge in [-0.1, -0.05) is 110 Å². The Bertz CT molecular complexity index is 2190. The first-order valence-electron chi connectivity index (χ1n) is 18.0. The van der Waals surface area contributed by atoms with E-state index in [0.29, 0.717) is 0 Å². The zero-order valence-electron chi connectivity index (χ0n) is 28.6. The van der Waals surface area contributed by atoms with Gasteiger partial charge in [-0.3, -0.25) is 14.9 Å². The molecule has 4 heterocycles. The summed E-state index contributed by atoms with van der Waals surface area (Å²) >= 11 is 0. The summed E-state index contributed by atoms with van der Waals surface area (Å²) in [5, 5.41) is 5.06. The van der Waals surface area contributed by atoms with Gasteiger partial charge in [-0.25, -0.2) is 0 Å². The van der Waals surface area contributed by atoms with Crippen LogP contribution in [0.2, 0.25) is 0 Å². The van der Waals surface area contributed by atoms with Crippen molar-refractivity contribution in [3.05, 3.63) is 156 Å². The van der Waals surface area contributed by atoms with E-state index in [2.05, 4.69) is 135 Å². The third-order valence-corrected chi connectivity index (χ3v) is 10.1. The lowest BCUT2D eigenvalue weighted by molar-refractivity contribution is 0.246. The molecule has 6 heteroatoms. The molecule has 0 radical (unpaired) electrons. The largest absolute Gasteiger partial charge is 0.334 e. The van der Waals surface area contributed by atoms with Gasteiger partial charge in [0.1, 0.15) is 0 Å². The van der Waals surface area contributed by atoms with Crippen LogP contribution in [0.25, 0.3) is 43.6 Å². The van der Waals surface area contributed by atoms with Gasteiger partial charge in [0.05, 0.1) is 22.4 Å². The quantitative estimate of drug-likeness (QED) is 0.119. The number of para-hydroxylation sites is 2. The van der Waals surface area contributed by atoms with Gasteiger partial charge in [0.2, 0.25) is 0 Å². The smallest absolute Gasteiger partial charge is 0.0787 e. The van der Waals surface area contributed by atoms with E-state index in [1.54, 1.807) is 0 Å². The fourth-order valence-corrected chi connectivity index (χ4v) is 7.71. The maximum atomic E-state index is 5.85. The van der Waals surface area contributed by atoms with Gasteiger partial charge in [-0.15, -0.1) is 0 Å². The molecule has 4 aromatic carbocycles. The Hall–Kier alpha value is -5.30. The zero-order valence-corrected chi connectivity index (χ0v) is 28.6. The van der Waals surface area contributed by atoms with Crippen LogP contribution in [0.1, 0.15) is 48.2 Å². The maximum absolute atomic E-state index is 5.85. The number of unbranched alkanes of at least 4 members (excludes halogenated alkanes) is 3. The number of rotatable bonds is 14. The topological polar surface area (TPSA) is 64.9 Å². The molecule has 0 spiro atoms. The summed E-state index contributed by atoms with van der Waals surface area (Å²) in [6.45, 7) is 4.76. The molecule has 250 valence electrons. The Morgan fingerprint density at radius 1 is 0.480 bits per heavy atom. The maximum Gasteiger partial charge on any atom is 0.0787 e.